The van der Waals surface area contributed by atoms with Gasteiger partial charge >= 0.3 is 0 Å². The minimum Gasteiger partial charge on any atom is -0.331 e. The van der Waals surface area contributed by atoms with Gasteiger partial charge < -0.3 is 4.90 Å². The zero-order valence-electron chi connectivity index (χ0n) is 16.0. The number of aryl methyl sites for hydroxylation is 1. The van der Waals surface area contributed by atoms with Crippen LogP contribution in [0.5, 0.6) is 0 Å². The number of thiophene rings is 1. The third kappa shape index (κ3) is 3.81. The molecule has 146 valence electrons. The number of rotatable bonds is 6. The summed E-state index contributed by atoms with van der Waals surface area (Å²) in [4.78, 5) is 16.5. The normalized spacial score (nSPS) is 17.6. The van der Waals surface area contributed by atoms with Crippen LogP contribution in [0.1, 0.15) is 53.5 Å². The average molecular weight is 407 g/mol. The molecule has 0 spiro atoms. The molecule has 3 rings (SSSR count). The lowest BCUT2D eigenvalue weighted by Gasteiger charge is -2.25. The van der Waals surface area contributed by atoms with Gasteiger partial charge in [-0.2, -0.15) is 4.31 Å². The summed E-state index contributed by atoms with van der Waals surface area (Å²) in [6.45, 7) is 6.93. The van der Waals surface area contributed by atoms with Gasteiger partial charge in [0, 0.05) is 30.1 Å². The minimum absolute atomic E-state index is 0.0849. The van der Waals surface area contributed by atoms with E-state index in [0.29, 0.717) is 30.8 Å². The SMILES string of the molecule is CCN(CC)S(=O)(=O)c1cc(C(=O)N2CCCC2c2cccs2)ccc1C. The Kier molecular flexibility index (Phi) is 6.03. The fourth-order valence-corrected chi connectivity index (χ4v) is 6.25. The van der Waals surface area contributed by atoms with E-state index in [4.69, 9.17) is 0 Å². The number of likely N-dealkylation sites (tertiary alicyclic amines) is 1. The van der Waals surface area contributed by atoms with Crippen LogP contribution < -0.4 is 0 Å². The molecular formula is C20H26N2O3S2. The fourth-order valence-electron chi connectivity index (χ4n) is 3.67. The number of carbonyl (C=O) groups is 1. The maximum atomic E-state index is 13.2. The van der Waals surface area contributed by atoms with Gasteiger partial charge in [0.15, 0.2) is 0 Å². The monoisotopic (exact) mass is 406 g/mol. The number of carbonyl (C=O) groups excluding carboxylic acids is 1. The van der Waals surface area contributed by atoms with Gasteiger partial charge in [0.25, 0.3) is 5.91 Å². The minimum atomic E-state index is -3.60. The Hall–Kier alpha value is -1.70. The van der Waals surface area contributed by atoms with Crippen LogP contribution in [-0.4, -0.2) is 43.2 Å². The molecule has 0 aliphatic carbocycles. The smallest absolute Gasteiger partial charge is 0.254 e. The first-order valence-corrected chi connectivity index (χ1v) is 11.7. The molecule has 1 aliphatic heterocycles. The highest BCUT2D eigenvalue weighted by Crippen LogP contribution is 2.35. The predicted octanol–water partition coefficient (Wildman–Crippen LogP) is 4.06. The fraction of sp³-hybridized carbons (Fsp3) is 0.450. The van der Waals surface area contributed by atoms with Gasteiger partial charge in [0.05, 0.1) is 10.9 Å². The quantitative estimate of drug-likeness (QED) is 0.727. The molecule has 1 unspecified atom stereocenters. The van der Waals surface area contributed by atoms with Gasteiger partial charge in [-0.15, -0.1) is 11.3 Å². The zero-order chi connectivity index (χ0) is 19.6. The van der Waals surface area contributed by atoms with E-state index in [9.17, 15) is 13.2 Å². The van der Waals surface area contributed by atoms with Gasteiger partial charge in [-0.05, 0) is 48.9 Å². The molecule has 0 saturated carbocycles. The molecule has 1 atom stereocenters. The van der Waals surface area contributed by atoms with Crippen molar-refractivity contribution in [2.75, 3.05) is 19.6 Å². The molecule has 2 aromatic rings. The molecule has 1 fully saturated rings. The standard InChI is InChI=1S/C20H26N2O3S2/c1-4-21(5-2)27(24,25)19-14-16(11-10-15(19)3)20(23)22-12-6-8-17(22)18-9-7-13-26-18/h7,9-11,13-14,17H,4-6,8,12H2,1-3H3. The summed E-state index contributed by atoms with van der Waals surface area (Å²) in [6, 6.07) is 9.17. The maximum absolute atomic E-state index is 13.2. The van der Waals surface area contributed by atoms with E-state index < -0.39 is 10.0 Å². The number of hydrogen-bond donors (Lipinski definition) is 0. The number of sulfonamides is 1. The molecule has 0 N–H and O–H groups in total. The first-order valence-electron chi connectivity index (χ1n) is 9.35. The molecule has 0 radical (unpaired) electrons. The summed E-state index contributed by atoms with van der Waals surface area (Å²) in [5.74, 6) is -0.0955. The third-order valence-corrected chi connectivity index (χ3v) is 8.31. The van der Waals surface area contributed by atoms with Crippen molar-refractivity contribution < 1.29 is 13.2 Å². The second-order valence-electron chi connectivity index (χ2n) is 6.74. The summed E-state index contributed by atoms with van der Waals surface area (Å²) in [6.07, 6.45) is 1.91. The molecule has 2 heterocycles. The lowest BCUT2D eigenvalue weighted by atomic mass is 10.1. The molecule has 1 aliphatic rings. The molecule has 27 heavy (non-hydrogen) atoms. The summed E-state index contributed by atoms with van der Waals surface area (Å²) in [5, 5.41) is 2.02. The van der Waals surface area contributed by atoms with Crippen LogP contribution >= 0.6 is 11.3 Å². The molecule has 0 bridgehead atoms. The summed E-state index contributed by atoms with van der Waals surface area (Å²) >= 11 is 1.66. The van der Waals surface area contributed by atoms with Crippen molar-refractivity contribution in [2.45, 2.75) is 44.6 Å². The van der Waals surface area contributed by atoms with Gasteiger partial charge in [-0.25, -0.2) is 8.42 Å². The number of nitrogens with zero attached hydrogens (tertiary/aromatic N) is 2. The lowest BCUT2D eigenvalue weighted by molar-refractivity contribution is 0.0737. The van der Waals surface area contributed by atoms with Gasteiger partial charge in [-0.1, -0.05) is 26.0 Å². The summed E-state index contributed by atoms with van der Waals surface area (Å²) < 4.78 is 27.4. The van der Waals surface area contributed by atoms with Crippen LogP contribution in [0.25, 0.3) is 0 Å². The van der Waals surface area contributed by atoms with Crippen LogP contribution in [-0.2, 0) is 10.0 Å². The number of hydrogen-bond acceptors (Lipinski definition) is 4. The number of amides is 1. The second kappa shape index (κ2) is 8.12. The zero-order valence-corrected chi connectivity index (χ0v) is 17.6. The highest BCUT2D eigenvalue weighted by molar-refractivity contribution is 7.89. The lowest BCUT2D eigenvalue weighted by Crippen LogP contribution is -2.32. The average Bonchev–Trinajstić information content (AvgIpc) is 3.33. The van der Waals surface area contributed by atoms with E-state index >= 15 is 0 Å². The van der Waals surface area contributed by atoms with Crippen molar-refractivity contribution in [3.63, 3.8) is 0 Å². The van der Waals surface area contributed by atoms with E-state index in [1.165, 1.54) is 9.18 Å². The summed E-state index contributed by atoms with van der Waals surface area (Å²) in [5.41, 5.74) is 1.10. The van der Waals surface area contributed by atoms with E-state index in [1.807, 2.05) is 30.2 Å². The van der Waals surface area contributed by atoms with E-state index in [1.54, 1.807) is 36.5 Å². The van der Waals surface area contributed by atoms with Crippen LogP contribution in [0.15, 0.2) is 40.6 Å². The van der Waals surface area contributed by atoms with Gasteiger partial charge in [0.2, 0.25) is 10.0 Å². The van der Waals surface area contributed by atoms with Crippen LogP contribution in [0, 0.1) is 6.92 Å². The molecule has 1 saturated heterocycles. The van der Waals surface area contributed by atoms with Gasteiger partial charge in [-0.3, -0.25) is 4.79 Å². The first kappa shape index (κ1) is 20.0. The van der Waals surface area contributed by atoms with E-state index in [0.717, 1.165) is 12.8 Å². The number of benzene rings is 1. The maximum Gasteiger partial charge on any atom is 0.254 e. The summed E-state index contributed by atoms with van der Waals surface area (Å²) in [7, 11) is -3.60. The molecule has 5 nitrogen and oxygen atoms in total. The van der Waals surface area contributed by atoms with Crippen molar-refractivity contribution >= 4 is 27.3 Å². The van der Waals surface area contributed by atoms with E-state index in [2.05, 4.69) is 6.07 Å². The Morgan fingerprint density at radius 3 is 2.63 bits per heavy atom. The van der Waals surface area contributed by atoms with Crippen LogP contribution in [0.4, 0.5) is 0 Å². The van der Waals surface area contributed by atoms with Crippen LogP contribution in [0.2, 0.25) is 0 Å². The van der Waals surface area contributed by atoms with Crippen LogP contribution in [0.3, 0.4) is 0 Å². The van der Waals surface area contributed by atoms with Crippen molar-refractivity contribution in [2.24, 2.45) is 0 Å². The largest absolute Gasteiger partial charge is 0.331 e. The van der Waals surface area contributed by atoms with Gasteiger partial charge in [0.1, 0.15) is 0 Å². The first-order chi connectivity index (χ1) is 12.9. The van der Waals surface area contributed by atoms with Crippen molar-refractivity contribution in [1.82, 2.24) is 9.21 Å². The molecule has 1 aromatic carbocycles. The second-order valence-corrected chi connectivity index (χ2v) is 9.63. The topological polar surface area (TPSA) is 57.7 Å². The molecule has 1 aromatic heterocycles. The predicted molar refractivity (Wildman–Crippen MR) is 109 cm³/mol. The molecular weight excluding hydrogens is 380 g/mol. The third-order valence-electron chi connectivity index (χ3n) is 5.14. The Balaban J connectivity index is 1.95. The Morgan fingerprint density at radius 1 is 1.26 bits per heavy atom. The Morgan fingerprint density at radius 2 is 2.00 bits per heavy atom. The highest BCUT2D eigenvalue weighted by Gasteiger charge is 2.32. The van der Waals surface area contributed by atoms with Crippen molar-refractivity contribution in [3.8, 4) is 0 Å². The Labute approximate surface area is 165 Å². The molecule has 7 heteroatoms. The van der Waals surface area contributed by atoms with Crippen molar-refractivity contribution in [1.29, 1.82) is 0 Å². The highest BCUT2D eigenvalue weighted by atomic mass is 32.2. The molecule has 1 amide bonds. The van der Waals surface area contributed by atoms with Crippen molar-refractivity contribution in [3.05, 3.63) is 51.7 Å². The van der Waals surface area contributed by atoms with E-state index in [-0.39, 0.29) is 16.8 Å². The Bertz CT molecular complexity index is 903.